The molecule has 1 atom stereocenters. The van der Waals surface area contributed by atoms with E-state index in [1.165, 1.54) is 4.90 Å². The van der Waals surface area contributed by atoms with Gasteiger partial charge < -0.3 is 10.2 Å². The third-order valence-corrected chi connectivity index (χ3v) is 7.81. The van der Waals surface area contributed by atoms with Gasteiger partial charge in [0.15, 0.2) is 0 Å². The average Bonchev–Trinajstić information content (AvgIpc) is 2.88. The smallest absolute Gasteiger partial charge is 0.244 e. The summed E-state index contributed by atoms with van der Waals surface area (Å²) in [6, 6.07) is 22.7. The topological polar surface area (TPSA) is 86.8 Å². The number of hydrogen-bond donors (Lipinski definition) is 1. The molecule has 0 aliphatic heterocycles. The molecule has 0 spiro atoms. The van der Waals surface area contributed by atoms with Gasteiger partial charge in [0.1, 0.15) is 12.6 Å². The third kappa shape index (κ3) is 8.57. The number of halogens is 1. The third-order valence-electron chi connectivity index (χ3n) is 6.45. The quantitative estimate of drug-likeness (QED) is 0.309. The Morgan fingerprint density at radius 1 is 0.875 bits per heavy atom. The maximum Gasteiger partial charge on any atom is 0.244 e. The zero-order valence-electron chi connectivity index (χ0n) is 23.7. The van der Waals surface area contributed by atoms with Crippen LogP contribution in [0.4, 0.5) is 5.69 Å². The maximum absolute atomic E-state index is 14.2. The van der Waals surface area contributed by atoms with Gasteiger partial charge in [0.2, 0.25) is 21.8 Å². The first-order valence-electron chi connectivity index (χ1n) is 13.3. The fourth-order valence-corrected chi connectivity index (χ4v) is 5.65. The summed E-state index contributed by atoms with van der Waals surface area (Å²) < 4.78 is 27.3. The molecule has 3 aromatic rings. The number of para-hydroxylation sites is 1. The van der Waals surface area contributed by atoms with E-state index in [9.17, 15) is 18.0 Å². The molecule has 0 saturated heterocycles. The van der Waals surface area contributed by atoms with E-state index in [-0.39, 0.29) is 30.8 Å². The number of rotatable bonds is 12. The van der Waals surface area contributed by atoms with Gasteiger partial charge in [0.25, 0.3) is 0 Å². The number of amides is 2. The van der Waals surface area contributed by atoms with Crippen LogP contribution in [0.5, 0.6) is 0 Å². The molecule has 0 saturated carbocycles. The molecule has 0 bridgehead atoms. The second kappa shape index (κ2) is 13.8. The van der Waals surface area contributed by atoms with E-state index in [2.05, 4.69) is 5.32 Å². The van der Waals surface area contributed by atoms with E-state index in [0.29, 0.717) is 10.7 Å². The Kier molecular flexibility index (Phi) is 10.8. The summed E-state index contributed by atoms with van der Waals surface area (Å²) >= 11 is 6.25. The number of nitrogens with zero attached hydrogens (tertiary/aromatic N) is 2. The van der Waals surface area contributed by atoms with Crippen molar-refractivity contribution in [1.29, 1.82) is 0 Å². The lowest BCUT2D eigenvalue weighted by Gasteiger charge is -2.34. The fraction of sp³-hybridized carbons (Fsp3) is 0.355. The molecular weight excluding hydrogens is 546 g/mol. The van der Waals surface area contributed by atoms with Crippen molar-refractivity contribution >= 4 is 39.1 Å². The molecule has 2 amide bonds. The predicted octanol–water partition coefficient (Wildman–Crippen LogP) is 5.39. The van der Waals surface area contributed by atoms with Gasteiger partial charge in [-0.3, -0.25) is 13.9 Å². The Morgan fingerprint density at radius 2 is 1.50 bits per heavy atom. The molecule has 1 unspecified atom stereocenters. The van der Waals surface area contributed by atoms with Gasteiger partial charge in [-0.05, 0) is 54.7 Å². The summed E-state index contributed by atoms with van der Waals surface area (Å²) in [4.78, 5) is 29.2. The molecule has 0 aromatic heterocycles. The molecular formula is C31H38ClN3O4S. The second-order valence-corrected chi connectivity index (χ2v) is 12.8. The summed E-state index contributed by atoms with van der Waals surface area (Å²) in [7, 11) is -3.84. The summed E-state index contributed by atoms with van der Waals surface area (Å²) in [5.74, 6) is -0.785. The zero-order valence-corrected chi connectivity index (χ0v) is 25.2. The Balaban J connectivity index is 2.09. The van der Waals surface area contributed by atoms with Crippen LogP contribution >= 0.6 is 11.6 Å². The Bertz CT molecular complexity index is 1410. The van der Waals surface area contributed by atoms with Crippen molar-refractivity contribution in [2.75, 3.05) is 17.1 Å². The fourth-order valence-electron chi connectivity index (χ4n) is 4.56. The first kappa shape index (κ1) is 31.2. The largest absolute Gasteiger partial charge is 0.352 e. The van der Waals surface area contributed by atoms with Crippen LogP contribution in [0.1, 0.15) is 50.3 Å². The maximum atomic E-state index is 14.2. The van der Waals surface area contributed by atoms with Crippen LogP contribution in [-0.2, 0) is 32.6 Å². The van der Waals surface area contributed by atoms with E-state index in [0.717, 1.165) is 27.3 Å². The van der Waals surface area contributed by atoms with Gasteiger partial charge in [-0.25, -0.2) is 8.42 Å². The van der Waals surface area contributed by atoms with Crippen molar-refractivity contribution in [2.24, 2.45) is 0 Å². The molecule has 214 valence electrons. The van der Waals surface area contributed by atoms with E-state index in [1.54, 1.807) is 30.3 Å². The van der Waals surface area contributed by atoms with Gasteiger partial charge in [-0.1, -0.05) is 86.1 Å². The lowest BCUT2D eigenvalue weighted by atomic mass is 10.0. The average molecular weight is 584 g/mol. The molecule has 0 radical (unpaired) electrons. The lowest BCUT2D eigenvalue weighted by molar-refractivity contribution is -0.140. The van der Waals surface area contributed by atoms with Gasteiger partial charge >= 0.3 is 0 Å². The molecule has 7 nitrogen and oxygen atoms in total. The number of benzene rings is 3. The monoisotopic (exact) mass is 583 g/mol. The molecule has 0 heterocycles. The molecule has 0 aliphatic rings. The minimum absolute atomic E-state index is 0.0285. The standard InChI is InChI=1S/C31H38ClN3O4S/c1-22(2)27-16-9-10-17-28(27)35(40(5,38)39)21-30(36)34(20-25-14-11-15-26(32)18-25)29(31(37)33-23(3)4)19-24-12-7-6-8-13-24/h6-18,22-23,29H,19-21H2,1-5H3,(H,33,37). The molecule has 3 rings (SSSR count). The molecule has 9 heteroatoms. The molecule has 1 N–H and O–H groups in total. The highest BCUT2D eigenvalue weighted by Crippen LogP contribution is 2.29. The number of anilines is 1. The zero-order chi connectivity index (χ0) is 29.4. The number of hydrogen-bond acceptors (Lipinski definition) is 4. The Hall–Kier alpha value is -3.36. The van der Waals surface area contributed by atoms with E-state index in [1.807, 2.05) is 76.2 Å². The second-order valence-electron chi connectivity index (χ2n) is 10.5. The van der Waals surface area contributed by atoms with Crippen molar-refractivity contribution < 1.29 is 18.0 Å². The number of nitrogens with one attached hydrogen (secondary N) is 1. The summed E-state index contributed by atoms with van der Waals surface area (Å²) in [6.07, 6.45) is 1.35. The van der Waals surface area contributed by atoms with Crippen LogP contribution in [0.2, 0.25) is 5.02 Å². The number of carbonyl (C=O) groups is 2. The highest BCUT2D eigenvalue weighted by molar-refractivity contribution is 7.92. The summed E-state index contributed by atoms with van der Waals surface area (Å²) in [5.41, 5.74) is 2.85. The highest BCUT2D eigenvalue weighted by atomic mass is 35.5. The minimum Gasteiger partial charge on any atom is -0.352 e. The first-order chi connectivity index (χ1) is 18.9. The van der Waals surface area contributed by atoms with Crippen LogP contribution < -0.4 is 9.62 Å². The SMILES string of the molecule is CC(C)NC(=O)C(Cc1ccccc1)N(Cc1cccc(Cl)c1)C(=O)CN(c1ccccc1C(C)C)S(C)(=O)=O. The first-order valence-corrected chi connectivity index (χ1v) is 15.5. The van der Waals surface area contributed by atoms with Crippen LogP contribution in [0.25, 0.3) is 0 Å². The van der Waals surface area contributed by atoms with Gasteiger partial charge in [-0.2, -0.15) is 0 Å². The van der Waals surface area contributed by atoms with Crippen molar-refractivity contribution in [3.8, 4) is 0 Å². The van der Waals surface area contributed by atoms with Gasteiger partial charge in [0, 0.05) is 24.0 Å². The molecule has 0 fully saturated rings. The normalized spacial score (nSPS) is 12.3. The minimum atomic E-state index is -3.84. The van der Waals surface area contributed by atoms with Crippen molar-refractivity contribution in [2.45, 2.75) is 58.7 Å². The highest BCUT2D eigenvalue weighted by Gasteiger charge is 2.33. The van der Waals surface area contributed by atoms with E-state index >= 15 is 0 Å². The Labute approximate surface area is 243 Å². The summed E-state index contributed by atoms with van der Waals surface area (Å²) in [5, 5.41) is 3.44. The summed E-state index contributed by atoms with van der Waals surface area (Å²) in [6.45, 7) is 7.27. The number of sulfonamides is 1. The van der Waals surface area contributed by atoms with Crippen molar-refractivity contribution in [3.63, 3.8) is 0 Å². The van der Waals surface area contributed by atoms with Crippen LogP contribution in [0.3, 0.4) is 0 Å². The van der Waals surface area contributed by atoms with E-state index < -0.39 is 28.5 Å². The van der Waals surface area contributed by atoms with Gasteiger partial charge in [-0.15, -0.1) is 0 Å². The van der Waals surface area contributed by atoms with Crippen LogP contribution in [0.15, 0.2) is 78.9 Å². The lowest BCUT2D eigenvalue weighted by Crippen LogP contribution is -2.54. The van der Waals surface area contributed by atoms with Crippen LogP contribution in [0, 0.1) is 0 Å². The van der Waals surface area contributed by atoms with E-state index in [4.69, 9.17) is 11.6 Å². The van der Waals surface area contributed by atoms with Gasteiger partial charge in [0.05, 0.1) is 11.9 Å². The number of carbonyl (C=O) groups excluding carboxylic acids is 2. The van der Waals surface area contributed by atoms with Crippen LogP contribution in [-0.4, -0.2) is 50.0 Å². The van der Waals surface area contributed by atoms with Crippen molar-refractivity contribution in [3.05, 3.63) is 101 Å². The molecule has 3 aromatic carbocycles. The predicted molar refractivity (Wildman–Crippen MR) is 162 cm³/mol. The molecule has 40 heavy (non-hydrogen) atoms. The molecule has 0 aliphatic carbocycles. The Morgan fingerprint density at radius 3 is 2.10 bits per heavy atom. The van der Waals surface area contributed by atoms with Crippen molar-refractivity contribution in [1.82, 2.24) is 10.2 Å².